The van der Waals surface area contributed by atoms with Crippen LogP contribution >= 0.6 is 11.8 Å². The van der Waals surface area contributed by atoms with Crippen molar-refractivity contribution in [2.24, 2.45) is 0 Å². The number of hydrogen-bond acceptors (Lipinski definition) is 3. The first-order valence-electron chi connectivity index (χ1n) is 6.40. The summed E-state index contributed by atoms with van der Waals surface area (Å²) in [7, 11) is 0. The highest BCUT2D eigenvalue weighted by atomic mass is 32.2. The van der Waals surface area contributed by atoms with Gasteiger partial charge in [-0.15, -0.1) is 0 Å². The van der Waals surface area contributed by atoms with Gasteiger partial charge in [0.25, 0.3) is 0 Å². The maximum absolute atomic E-state index is 3.67. The number of hydrogen-bond donors (Lipinski definition) is 1. The molecule has 1 heterocycles. The number of nitrogens with one attached hydrogen (secondary N) is 1. The Kier molecular flexibility index (Phi) is 7.49. The summed E-state index contributed by atoms with van der Waals surface area (Å²) in [5.74, 6) is 2.65. The molecule has 0 aliphatic carbocycles. The van der Waals surface area contributed by atoms with Crippen LogP contribution in [0.5, 0.6) is 0 Å². The summed E-state index contributed by atoms with van der Waals surface area (Å²) < 4.78 is 0. The van der Waals surface area contributed by atoms with E-state index in [0.717, 1.165) is 6.04 Å². The van der Waals surface area contributed by atoms with Gasteiger partial charge in [0.15, 0.2) is 0 Å². The van der Waals surface area contributed by atoms with E-state index < -0.39 is 0 Å². The molecule has 3 heteroatoms. The lowest BCUT2D eigenvalue weighted by molar-refractivity contribution is 0.292. The molecule has 0 spiro atoms. The molecule has 1 rings (SSSR count). The van der Waals surface area contributed by atoms with Crippen molar-refractivity contribution in [2.75, 3.05) is 37.7 Å². The fourth-order valence-electron chi connectivity index (χ4n) is 2.05. The zero-order valence-corrected chi connectivity index (χ0v) is 11.1. The molecule has 0 aromatic carbocycles. The fraction of sp³-hybridized carbons (Fsp3) is 1.00. The zero-order chi connectivity index (χ0) is 10.9. The zero-order valence-electron chi connectivity index (χ0n) is 10.3. The van der Waals surface area contributed by atoms with Crippen molar-refractivity contribution in [1.29, 1.82) is 0 Å². The molecule has 0 aromatic rings. The molecule has 0 bridgehead atoms. The quantitative estimate of drug-likeness (QED) is 0.722. The minimum Gasteiger partial charge on any atom is -0.313 e. The lowest BCUT2D eigenvalue weighted by Crippen LogP contribution is -2.40. The summed E-state index contributed by atoms with van der Waals surface area (Å²) in [6.45, 7) is 9.54. The van der Waals surface area contributed by atoms with Gasteiger partial charge in [0.1, 0.15) is 0 Å². The van der Waals surface area contributed by atoms with Gasteiger partial charge in [-0.25, -0.2) is 0 Å². The Morgan fingerprint density at radius 3 is 2.60 bits per heavy atom. The van der Waals surface area contributed by atoms with E-state index in [1.807, 2.05) is 0 Å². The third-order valence-corrected chi connectivity index (χ3v) is 4.04. The Labute approximate surface area is 99.2 Å². The summed E-state index contributed by atoms with van der Waals surface area (Å²) in [4.78, 5) is 2.59. The molecular weight excluding hydrogens is 204 g/mol. The van der Waals surface area contributed by atoms with E-state index >= 15 is 0 Å². The standard InChI is InChI=1S/C12H26N2S/c1-3-5-12(4-2)13-6-7-14-8-10-15-11-9-14/h12-13H,3-11H2,1-2H3. The average molecular weight is 230 g/mol. The highest BCUT2D eigenvalue weighted by Gasteiger charge is 2.10. The highest BCUT2D eigenvalue weighted by molar-refractivity contribution is 7.99. The molecular formula is C12H26N2S. The third-order valence-electron chi connectivity index (χ3n) is 3.09. The first-order valence-corrected chi connectivity index (χ1v) is 7.55. The van der Waals surface area contributed by atoms with Crippen LogP contribution in [-0.4, -0.2) is 48.6 Å². The van der Waals surface area contributed by atoms with Crippen LogP contribution in [0, 0.1) is 0 Å². The van der Waals surface area contributed by atoms with Gasteiger partial charge in [0.05, 0.1) is 0 Å². The van der Waals surface area contributed by atoms with Crippen molar-refractivity contribution in [2.45, 2.75) is 39.2 Å². The smallest absolute Gasteiger partial charge is 0.0108 e. The summed E-state index contributed by atoms with van der Waals surface area (Å²) in [6, 6.07) is 0.745. The monoisotopic (exact) mass is 230 g/mol. The lowest BCUT2D eigenvalue weighted by atomic mass is 10.1. The molecule has 90 valence electrons. The predicted octanol–water partition coefficient (Wildman–Crippen LogP) is 2.20. The van der Waals surface area contributed by atoms with E-state index in [1.54, 1.807) is 0 Å². The van der Waals surface area contributed by atoms with Crippen LogP contribution in [0.25, 0.3) is 0 Å². The fourth-order valence-corrected chi connectivity index (χ4v) is 3.03. The van der Waals surface area contributed by atoms with E-state index in [1.165, 1.54) is 56.9 Å². The molecule has 1 aliphatic rings. The second-order valence-electron chi connectivity index (χ2n) is 4.30. The van der Waals surface area contributed by atoms with Crippen molar-refractivity contribution in [3.63, 3.8) is 0 Å². The Morgan fingerprint density at radius 1 is 1.27 bits per heavy atom. The van der Waals surface area contributed by atoms with E-state index in [0.29, 0.717) is 0 Å². The normalized spacial score (nSPS) is 20.4. The van der Waals surface area contributed by atoms with Gasteiger partial charge in [0.2, 0.25) is 0 Å². The maximum Gasteiger partial charge on any atom is 0.0108 e. The molecule has 1 aliphatic heterocycles. The molecule has 1 atom stereocenters. The Balaban J connectivity index is 2.03. The minimum absolute atomic E-state index is 0.745. The molecule has 15 heavy (non-hydrogen) atoms. The molecule has 1 unspecified atom stereocenters. The number of nitrogens with zero attached hydrogens (tertiary/aromatic N) is 1. The van der Waals surface area contributed by atoms with Crippen molar-refractivity contribution < 1.29 is 0 Å². The molecule has 2 nitrogen and oxygen atoms in total. The number of thioether (sulfide) groups is 1. The van der Waals surface area contributed by atoms with Gasteiger partial charge in [-0.1, -0.05) is 20.3 Å². The highest BCUT2D eigenvalue weighted by Crippen LogP contribution is 2.08. The Hall–Kier alpha value is 0.270. The van der Waals surface area contributed by atoms with Crippen LogP contribution < -0.4 is 5.32 Å². The van der Waals surface area contributed by atoms with Gasteiger partial charge in [0, 0.05) is 43.7 Å². The molecule has 0 amide bonds. The lowest BCUT2D eigenvalue weighted by Gasteiger charge is -2.27. The topological polar surface area (TPSA) is 15.3 Å². The largest absolute Gasteiger partial charge is 0.313 e. The molecule has 0 saturated carbocycles. The van der Waals surface area contributed by atoms with Crippen molar-refractivity contribution in [3.8, 4) is 0 Å². The van der Waals surface area contributed by atoms with Crippen molar-refractivity contribution in [1.82, 2.24) is 10.2 Å². The van der Waals surface area contributed by atoms with Crippen LogP contribution in [0.3, 0.4) is 0 Å². The van der Waals surface area contributed by atoms with Crippen molar-refractivity contribution >= 4 is 11.8 Å². The third kappa shape index (κ3) is 5.79. The average Bonchev–Trinajstić information content (AvgIpc) is 2.29. The van der Waals surface area contributed by atoms with Crippen LogP contribution in [0.2, 0.25) is 0 Å². The van der Waals surface area contributed by atoms with Gasteiger partial charge < -0.3 is 10.2 Å². The molecule has 0 radical (unpaired) electrons. The summed E-state index contributed by atoms with van der Waals surface area (Å²) in [5.41, 5.74) is 0. The summed E-state index contributed by atoms with van der Waals surface area (Å²) >= 11 is 2.09. The minimum atomic E-state index is 0.745. The van der Waals surface area contributed by atoms with Crippen LogP contribution in [0.1, 0.15) is 33.1 Å². The molecule has 1 N–H and O–H groups in total. The van der Waals surface area contributed by atoms with Gasteiger partial charge in [-0.2, -0.15) is 11.8 Å². The van der Waals surface area contributed by atoms with E-state index in [-0.39, 0.29) is 0 Å². The van der Waals surface area contributed by atoms with Gasteiger partial charge in [-0.05, 0) is 12.8 Å². The molecule has 1 fully saturated rings. The van der Waals surface area contributed by atoms with Crippen LogP contribution in [-0.2, 0) is 0 Å². The Bertz CT molecular complexity index is 142. The van der Waals surface area contributed by atoms with E-state index in [4.69, 9.17) is 0 Å². The molecule has 1 saturated heterocycles. The first kappa shape index (κ1) is 13.3. The summed E-state index contributed by atoms with van der Waals surface area (Å²) in [5, 5.41) is 3.67. The van der Waals surface area contributed by atoms with Crippen LogP contribution in [0.15, 0.2) is 0 Å². The Morgan fingerprint density at radius 2 is 2.00 bits per heavy atom. The number of rotatable bonds is 7. The van der Waals surface area contributed by atoms with Gasteiger partial charge in [-0.3, -0.25) is 0 Å². The second-order valence-corrected chi connectivity index (χ2v) is 5.53. The summed E-state index contributed by atoms with van der Waals surface area (Å²) in [6.07, 6.45) is 3.89. The van der Waals surface area contributed by atoms with Crippen molar-refractivity contribution in [3.05, 3.63) is 0 Å². The SMILES string of the molecule is CCCC(CC)NCCN1CCSCC1. The first-order chi connectivity index (χ1) is 7.36. The predicted molar refractivity (Wildman–Crippen MR) is 70.8 cm³/mol. The van der Waals surface area contributed by atoms with Gasteiger partial charge >= 0.3 is 0 Å². The van der Waals surface area contributed by atoms with Crippen LogP contribution in [0.4, 0.5) is 0 Å². The van der Waals surface area contributed by atoms with E-state index in [2.05, 4.69) is 35.8 Å². The van der Waals surface area contributed by atoms with E-state index in [9.17, 15) is 0 Å². The molecule has 0 aromatic heterocycles. The maximum atomic E-state index is 3.67. The second kappa shape index (κ2) is 8.43.